The van der Waals surface area contributed by atoms with Crippen LogP contribution in [-0.4, -0.2) is 31.5 Å². The molecule has 1 aromatic carbocycles. The van der Waals surface area contributed by atoms with Gasteiger partial charge in [-0.05, 0) is 49.7 Å². The molecule has 0 radical (unpaired) electrons. The molecule has 1 aliphatic heterocycles. The number of sulfonamides is 1. The normalized spacial score (nSPS) is 15.9. The van der Waals surface area contributed by atoms with Crippen LogP contribution >= 0.6 is 0 Å². The molecule has 0 amide bonds. The number of aromatic nitrogens is 2. The van der Waals surface area contributed by atoms with Gasteiger partial charge in [-0.3, -0.25) is 9.97 Å². The molecule has 0 saturated carbocycles. The van der Waals surface area contributed by atoms with Gasteiger partial charge in [-0.2, -0.15) is 0 Å². The summed E-state index contributed by atoms with van der Waals surface area (Å²) in [6.07, 6.45) is 5.55. The molecule has 2 N–H and O–H groups in total. The Morgan fingerprint density at radius 1 is 1.04 bits per heavy atom. The standard InChI is InChI=1S/C20H22N4O2S/c25-27(26,19-5-1-3-17-4-2-10-22-20(17)19)24-14-15-6-7-18(23-13-15)16-8-11-21-12-9-16/h1-7,10,13,16,21,24H,8-9,11-12,14H2. The van der Waals surface area contributed by atoms with Crippen LogP contribution in [0.3, 0.4) is 0 Å². The van der Waals surface area contributed by atoms with Gasteiger partial charge in [0.15, 0.2) is 0 Å². The second kappa shape index (κ2) is 7.72. The molecule has 3 heterocycles. The molecule has 3 aromatic rings. The highest BCUT2D eigenvalue weighted by Crippen LogP contribution is 2.24. The Morgan fingerprint density at radius 3 is 2.63 bits per heavy atom. The van der Waals surface area contributed by atoms with Gasteiger partial charge in [0.05, 0.1) is 5.52 Å². The third-order valence-corrected chi connectivity index (χ3v) is 6.39. The number of pyridine rings is 2. The zero-order valence-electron chi connectivity index (χ0n) is 14.9. The summed E-state index contributed by atoms with van der Waals surface area (Å²) in [6, 6.07) is 12.8. The number of para-hydroxylation sites is 1. The van der Waals surface area contributed by atoms with E-state index in [-0.39, 0.29) is 11.4 Å². The molecular weight excluding hydrogens is 360 g/mol. The van der Waals surface area contributed by atoms with Crippen molar-refractivity contribution in [1.82, 2.24) is 20.0 Å². The van der Waals surface area contributed by atoms with E-state index < -0.39 is 10.0 Å². The number of hydrogen-bond donors (Lipinski definition) is 2. The van der Waals surface area contributed by atoms with Gasteiger partial charge in [0.25, 0.3) is 0 Å². The molecule has 6 nitrogen and oxygen atoms in total. The molecule has 0 aliphatic carbocycles. The van der Waals surface area contributed by atoms with E-state index in [1.54, 1.807) is 30.6 Å². The maximum atomic E-state index is 12.8. The molecular formula is C20H22N4O2S. The van der Waals surface area contributed by atoms with Gasteiger partial charge in [0.2, 0.25) is 10.0 Å². The SMILES string of the molecule is O=S(=O)(NCc1ccc(C2CCNCC2)nc1)c1cccc2cccnc12. The minimum absolute atomic E-state index is 0.194. The Morgan fingerprint density at radius 2 is 1.85 bits per heavy atom. The van der Waals surface area contributed by atoms with Crippen LogP contribution in [-0.2, 0) is 16.6 Å². The first-order valence-corrected chi connectivity index (χ1v) is 10.6. The van der Waals surface area contributed by atoms with Crippen LogP contribution in [0.5, 0.6) is 0 Å². The molecule has 27 heavy (non-hydrogen) atoms. The predicted molar refractivity (Wildman–Crippen MR) is 105 cm³/mol. The van der Waals surface area contributed by atoms with Crippen LogP contribution in [0.15, 0.2) is 59.8 Å². The number of rotatable bonds is 5. The summed E-state index contributed by atoms with van der Waals surface area (Å²) in [5, 5.41) is 4.15. The first kappa shape index (κ1) is 18.0. The summed E-state index contributed by atoms with van der Waals surface area (Å²) in [7, 11) is -3.66. The second-order valence-corrected chi connectivity index (χ2v) is 8.51. The van der Waals surface area contributed by atoms with E-state index in [4.69, 9.17) is 0 Å². The average Bonchev–Trinajstić information content (AvgIpc) is 2.73. The fourth-order valence-corrected chi connectivity index (χ4v) is 4.64. The lowest BCUT2D eigenvalue weighted by atomic mass is 9.94. The van der Waals surface area contributed by atoms with Crippen molar-refractivity contribution in [3.8, 4) is 0 Å². The number of nitrogens with zero attached hydrogens (tertiary/aromatic N) is 2. The second-order valence-electron chi connectivity index (χ2n) is 6.77. The van der Waals surface area contributed by atoms with E-state index in [0.717, 1.165) is 42.6 Å². The third kappa shape index (κ3) is 4.00. The van der Waals surface area contributed by atoms with Crippen molar-refractivity contribution in [2.45, 2.75) is 30.2 Å². The van der Waals surface area contributed by atoms with E-state index >= 15 is 0 Å². The van der Waals surface area contributed by atoms with Crippen molar-refractivity contribution in [3.63, 3.8) is 0 Å². The van der Waals surface area contributed by atoms with Gasteiger partial charge in [0, 0.05) is 35.9 Å². The summed E-state index contributed by atoms with van der Waals surface area (Å²) < 4.78 is 28.2. The van der Waals surface area contributed by atoms with Crippen LogP contribution < -0.4 is 10.0 Å². The summed E-state index contributed by atoms with van der Waals surface area (Å²) in [4.78, 5) is 8.97. The lowest BCUT2D eigenvalue weighted by molar-refractivity contribution is 0.453. The molecule has 1 aliphatic rings. The van der Waals surface area contributed by atoms with Crippen molar-refractivity contribution in [2.24, 2.45) is 0 Å². The smallest absolute Gasteiger partial charge is 0.243 e. The van der Waals surface area contributed by atoms with Gasteiger partial charge >= 0.3 is 0 Å². The van der Waals surface area contributed by atoms with E-state index in [9.17, 15) is 8.42 Å². The van der Waals surface area contributed by atoms with Gasteiger partial charge in [-0.15, -0.1) is 0 Å². The van der Waals surface area contributed by atoms with Crippen molar-refractivity contribution in [3.05, 3.63) is 66.1 Å². The maximum absolute atomic E-state index is 12.8. The van der Waals surface area contributed by atoms with E-state index in [2.05, 4.69) is 20.0 Å². The van der Waals surface area contributed by atoms with Crippen molar-refractivity contribution in [1.29, 1.82) is 0 Å². The molecule has 1 saturated heterocycles. The number of fused-ring (bicyclic) bond motifs is 1. The Labute approximate surface area is 159 Å². The summed E-state index contributed by atoms with van der Waals surface area (Å²) in [6.45, 7) is 2.24. The lowest BCUT2D eigenvalue weighted by Crippen LogP contribution is -2.27. The van der Waals surface area contributed by atoms with Crippen molar-refractivity contribution in [2.75, 3.05) is 13.1 Å². The zero-order chi connectivity index (χ0) is 18.7. The highest BCUT2D eigenvalue weighted by Gasteiger charge is 2.19. The summed E-state index contributed by atoms with van der Waals surface area (Å²) >= 11 is 0. The minimum Gasteiger partial charge on any atom is -0.317 e. The molecule has 7 heteroatoms. The van der Waals surface area contributed by atoms with Gasteiger partial charge < -0.3 is 5.32 Å². The quantitative estimate of drug-likeness (QED) is 0.709. The van der Waals surface area contributed by atoms with Gasteiger partial charge in [-0.1, -0.05) is 24.3 Å². The molecule has 1 fully saturated rings. The first-order chi connectivity index (χ1) is 13.1. The van der Waals surface area contributed by atoms with Crippen LogP contribution in [0, 0.1) is 0 Å². The fourth-order valence-electron chi connectivity index (χ4n) is 3.45. The molecule has 0 spiro atoms. The highest BCUT2D eigenvalue weighted by molar-refractivity contribution is 7.89. The molecule has 2 aromatic heterocycles. The Hall–Kier alpha value is -2.35. The Kier molecular flexibility index (Phi) is 5.15. The van der Waals surface area contributed by atoms with Crippen LogP contribution in [0.25, 0.3) is 10.9 Å². The number of hydrogen-bond acceptors (Lipinski definition) is 5. The lowest BCUT2D eigenvalue weighted by Gasteiger charge is -2.22. The minimum atomic E-state index is -3.66. The van der Waals surface area contributed by atoms with Crippen LogP contribution in [0.4, 0.5) is 0 Å². The zero-order valence-corrected chi connectivity index (χ0v) is 15.7. The number of piperidine rings is 1. The monoisotopic (exact) mass is 382 g/mol. The number of nitrogens with one attached hydrogen (secondary N) is 2. The van der Waals surface area contributed by atoms with Crippen LogP contribution in [0.2, 0.25) is 0 Å². The maximum Gasteiger partial charge on any atom is 0.243 e. The molecule has 0 atom stereocenters. The van der Waals surface area contributed by atoms with E-state index in [1.807, 2.05) is 24.3 Å². The molecule has 0 bridgehead atoms. The largest absolute Gasteiger partial charge is 0.317 e. The predicted octanol–water partition coefficient (Wildman–Crippen LogP) is 2.58. The van der Waals surface area contributed by atoms with Crippen molar-refractivity contribution < 1.29 is 8.42 Å². The molecule has 0 unspecified atom stereocenters. The van der Waals surface area contributed by atoms with E-state index in [0.29, 0.717) is 11.4 Å². The topological polar surface area (TPSA) is 84.0 Å². The fraction of sp³-hybridized carbons (Fsp3) is 0.300. The Balaban J connectivity index is 1.49. The van der Waals surface area contributed by atoms with Crippen LogP contribution in [0.1, 0.15) is 30.0 Å². The summed E-state index contributed by atoms with van der Waals surface area (Å²) in [5.41, 5.74) is 2.40. The molecule has 140 valence electrons. The van der Waals surface area contributed by atoms with Crippen molar-refractivity contribution >= 4 is 20.9 Å². The Bertz CT molecular complexity index is 1020. The summed E-state index contributed by atoms with van der Waals surface area (Å²) in [5.74, 6) is 0.485. The third-order valence-electron chi connectivity index (χ3n) is 4.96. The van der Waals surface area contributed by atoms with E-state index in [1.165, 1.54) is 0 Å². The average molecular weight is 382 g/mol. The molecule has 4 rings (SSSR count). The number of benzene rings is 1. The van der Waals surface area contributed by atoms with Gasteiger partial charge in [-0.25, -0.2) is 13.1 Å². The highest BCUT2D eigenvalue weighted by atomic mass is 32.2. The first-order valence-electron chi connectivity index (χ1n) is 9.12. The van der Waals surface area contributed by atoms with Gasteiger partial charge in [0.1, 0.15) is 4.90 Å².